The molecule has 27 heavy (non-hydrogen) atoms. The van der Waals surface area contributed by atoms with Gasteiger partial charge in [0.25, 0.3) is 5.91 Å². The molecule has 0 N–H and O–H groups in total. The zero-order valence-corrected chi connectivity index (χ0v) is 17.0. The largest absolute Gasteiger partial charge is 0.497 e. The fraction of sp³-hybridized carbons (Fsp3) is 0.474. The number of halogens is 1. The molecule has 0 spiro atoms. The van der Waals surface area contributed by atoms with E-state index >= 15 is 0 Å². The maximum absolute atomic E-state index is 12.7. The molecule has 2 aliphatic rings. The van der Waals surface area contributed by atoms with Gasteiger partial charge in [0, 0.05) is 11.6 Å². The number of rotatable bonds is 7. The third-order valence-electron chi connectivity index (χ3n) is 4.30. The first-order valence-electron chi connectivity index (χ1n) is 8.64. The van der Waals surface area contributed by atoms with Crippen LogP contribution in [0.2, 0.25) is 0 Å². The number of β-lactam (4-membered cyclic amide) rings is 1. The molecule has 0 saturated carbocycles. The van der Waals surface area contributed by atoms with Gasteiger partial charge in [0.05, 0.1) is 13.2 Å². The Morgan fingerprint density at radius 1 is 1.33 bits per heavy atom. The number of fused-ring (bicyclic) bond motifs is 1. The summed E-state index contributed by atoms with van der Waals surface area (Å²) in [6, 6.07) is 7.24. The summed E-state index contributed by atoms with van der Waals surface area (Å²) in [5, 5.41) is -0.213. The molecular formula is C19H22ClNO5S. The van der Waals surface area contributed by atoms with Crippen LogP contribution in [0.5, 0.6) is 5.75 Å². The lowest BCUT2D eigenvalue weighted by molar-refractivity contribution is -0.170. The number of nitrogens with zero attached hydrogens (tertiary/aromatic N) is 1. The Morgan fingerprint density at radius 2 is 2.04 bits per heavy atom. The highest BCUT2D eigenvalue weighted by Gasteiger charge is 2.54. The second kappa shape index (κ2) is 8.54. The number of benzene rings is 1. The molecule has 146 valence electrons. The van der Waals surface area contributed by atoms with Crippen molar-refractivity contribution in [3.8, 4) is 5.75 Å². The molecule has 1 fully saturated rings. The Balaban J connectivity index is 1.71. The average molecular weight is 412 g/mol. The monoisotopic (exact) mass is 411 g/mol. The van der Waals surface area contributed by atoms with E-state index in [2.05, 4.69) is 0 Å². The molecule has 6 nitrogen and oxygen atoms in total. The fourth-order valence-corrected chi connectivity index (χ4v) is 4.62. The van der Waals surface area contributed by atoms with Gasteiger partial charge in [0.1, 0.15) is 23.4 Å². The molecule has 0 unspecified atom stereocenters. The molecule has 0 aromatic heterocycles. The van der Waals surface area contributed by atoms with Crippen molar-refractivity contribution in [1.82, 2.24) is 4.90 Å². The molecule has 2 heterocycles. The highest BCUT2D eigenvalue weighted by molar-refractivity contribution is 8.00. The minimum Gasteiger partial charge on any atom is -0.497 e. The average Bonchev–Trinajstić information content (AvgIpc) is 2.69. The van der Waals surface area contributed by atoms with Gasteiger partial charge in [-0.3, -0.25) is 9.69 Å². The van der Waals surface area contributed by atoms with Crippen LogP contribution in [-0.2, 0) is 25.7 Å². The highest BCUT2D eigenvalue weighted by Crippen LogP contribution is 2.42. The first kappa shape index (κ1) is 20.0. The van der Waals surface area contributed by atoms with Crippen molar-refractivity contribution in [2.75, 3.05) is 18.7 Å². The van der Waals surface area contributed by atoms with E-state index in [4.69, 9.17) is 25.8 Å². The van der Waals surface area contributed by atoms with Crippen molar-refractivity contribution < 1.29 is 23.8 Å². The molecule has 1 amide bonds. The second-order valence-corrected chi connectivity index (χ2v) is 7.90. The van der Waals surface area contributed by atoms with Gasteiger partial charge < -0.3 is 14.2 Å². The van der Waals surface area contributed by atoms with Crippen LogP contribution in [0.4, 0.5) is 0 Å². The van der Waals surface area contributed by atoms with Crippen molar-refractivity contribution in [3.05, 3.63) is 41.1 Å². The van der Waals surface area contributed by atoms with E-state index in [-0.39, 0.29) is 35.6 Å². The summed E-state index contributed by atoms with van der Waals surface area (Å²) in [6.45, 7) is 3.87. The lowest BCUT2D eigenvalue weighted by atomic mass is 10.1. The van der Waals surface area contributed by atoms with Crippen LogP contribution in [0, 0.1) is 0 Å². The molecule has 2 atom stereocenters. The van der Waals surface area contributed by atoms with Crippen LogP contribution in [0.15, 0.2) is 35.5 Å². The third kappa shape index (κ3) is 4.10. The number of hydrogen-bond donors (Lipinski definition) is 0. The first-order chi connectivity index (χ1) is 13.0. The van der Waals surface area contributed by atoms with Gasteiger partial charge in [-0.05, 0) is 37.1 Å². The number of alkyl halides is 1. The summed E-state index contributed by atoms with van der Waals surface area (Å²) in [5.41, 5.74) is 1.79. The van der Waals surface area contributed by atoms with E-state index in [0.717, 1.165) is 11.3 Å². The Kier molecular flexibility index (Phi) is 6.34. The number of esters is 1. The Labute approximate surface area is 167 Å². The molecule has 1 aromatic carbocycles. The van der Waals surface area contributed by atoms with Gasteiger partial charge in [-0.2, -0.15) is 0 Å². The molecule has 0 bridgehead atoms. The van der Waals surface area contributed by atoms with Crippen molar-refractivity contribution >= 4 is 35.2 Å². The van der Waals surface area contributed by atoms with Crippen LogP contribution in [0.3, 0.4) is 0 Å². The van der Waals surface area contributed by atoms with Gasteiger partial charge >= 0.3 is 5.97 Å². The third-order valence-corrected chi connectivity index (χ3v) is 5.94. The fourth-order valence-electron chi connectivity index (χ4n) is 2.96. The molecule has 0 radical (unpaired) electrons. The topological polar surface area (TPSA) is 65.1 Å². The van der Waals surface area contributed by atoms with E-state index in [1.165, 1.54) is 4.90 Å². The van der Waals surface area contributed by atoms with Crippen LogP contribution in [0.25, 0.3) is 0 Å². The number of ether oxygens (including phenoxy) is 3. The van der Waals surface area contributed by atoms with Crippen LogP contribution < -0.4 is 4.74 Å². The van der Waals surface area contributed by atoms with Gasteiger partial charge in [0.2, 0.25) is 0 Å². The zero-order chi connectivity index (χ0) is 19.6. The molecule has 3 rings (SSSR count). The van der Waals surface area contributed by atoms with Crippen LogP contribution in [-0.4, -0.2) is 53.1 Å². The van der Waals surface area contributed by atoms with Gasteiger partial charge in [0.15, 0.2) is 6.10 Å². The zero-order valence-electron chi connectivity index (χ0n) is 15.4. The summed E-state index contributed by atoms with van der Waals surface area (Å²) in [6.07, 6.45) is -0.596. The summed E-state index contributed by atoms with van der Waals surface area (Å²) in [4.78, 5) is 26.7. The number of carbonyl (C=O) groups is 2. The number of carbonyl (C=O) groups excluding carboxylic acids is 2. The van der Waals surface area contributed by atoms with Crippen LogP contribution in [0.1, 0.15) is 19.4 Å². The quantitative estimate of drug-likeness (QED) is 0.390. The highest BCUT2D eigenvalue weighted by atomic mass is 35.5. The Hall–Kier alpha value is -1.70. The van der Waals surface area contributed by atoms with Gasteiger partial charge in [-0.15, -0.1) is 23.4 Å². The first-order valence-corrected chi connectivity index (χ1v) is 10.2. The predicted octanol–water partition coefficient (Wildman–Crippen LogP) is 2.94. The predicted molar refractivity (Wildman–Crippen MR) is 104 cm³/mol. The van der Waals surface area contributed by atoms with Crippen molar-refractivity contribution in [1.29, 1.82) is 0 Å². The Bertz CT molecular complexity index is 749. The molecule has 8 heteroatoms. The van der Waals surface area contributed by atoms with Crippen LogP contribution >= 0.6 is 23.4 Å². The van der Waals surface area contributed by atoms with Gasteiger partial charge in [-0.1, -0.05) is 12.1 Å². The van der Waals surface area contributed by atoms with E-state index in [1.54, 1.807) is 31.0 Å². The van der Waals surface area contributed by atoms with E-state index in [1.807, 2.05) is 26.0 Å². The SMILES string of the molecule is COc1ccc(COC(=O)C2=C(CCl)CS[C@H]3[C@@H](OC(C)C)C(=O)N23)cc1. The number of methoxy groups -OCH3 is 1. The maximum atomic E-state index is 12.7. The second-order valence-electron chi connectivity index (χ2n) is 6.53. The van der Waals surface area contributed by atoms with E-state index in [9.17, 15) is 9.59 Å². The molecule has 2 aliphatic heterocycles. The molecular weight excluding hydrogens is 390 g/mol. The van der Waals surface area contributed by atoms with Crippen molar-refractivity contribution in [2.45, 2.75) is 38.0 Å². The van der Waals surface area contributed by atoms with Crippen molar-refractivity contribution in [2.24, 2.45) is 0 Å². The minimum absolute atomic E-state index is 0.0643. The smallest absolute Gasteiger partial charge is 0.355 e. The lowest BCUT2D eigenvalue weighted by Gasteiger charge is -2.49. The summed E-state index contributed by atoms with van der Waals surface area (Å²) >= 11 is 7.57. The molecule has 0 aliphatic carbocycles. The van der Waals surface area contributed by atoms with Gasteiger partial charge in [-0.25, -0.2) is 4.79 Å². The summed E-state index contributed by atoms with van der Waals surface area (Å²) < 4.78 is 16.2. The number of amides is 1. The van der Waals surface area contributed by atoms with E-state index < -0.39 is 12.1 Å². The summed E-state index contributed by atoms with van der Waals surface area (Å²) in [5.74, 6) is 0.712. The normalized spacial score (nSPS) is 21.8. The molecule has 1 saturated heterocycles. The standard InChI is InChI=1S/C19H22ClNO5S/c1-11(2)26-16-17(22)21-15(13(8-20)10-27-18(16)21)19(23)25-9-12-4-6-14(24-3)7-5-12/h4-7,11,16,18H,8-10H2,1-3H3/t16-,18-/m0/s1. The number of thioether (sulfide) groups is 1. The molecule has 1 aromatic rings. The van der Waals surface area contributed by atoms with E-state index in [0.29, 0.717) is 11.3 Å². The lowest BCUT2D eigenvalue weighted by Crippen LogP contribution is -2.66. The minimum atomic E-state index is -0.539. The maximum Gasteiger partial charge on any atom is 0.355 e. The number of hydrogen-bond acceptors (Lipinski definition) is 6. The summed E-state index contributed by atoms with van der Waals surface area (Å²) in [7, 11) is 1.59. The Morgan fingerprint density at radius 3 is 2.63 bits per heavy atom. The van der Waals surface area contributed by atoms with Crippen molar-refractivity contribution in [3.63, 3.8) is 0 Å².